The van der Waals surface area contributed by atoms with Crippen LogP contribution >= 0.6 is 0 Å². The average molecular weight is 213 g/mol. The monoisotopic (exact) mass is 213 g/mol. The van der Waals surface area contributed by atoms with Gasteiger partial charge in [-0.2, -0.15) is 4.98 Å². The Morgan fingerprint density at radius 1 is 1.67 bits per heavy atom. The van der Waals surface area contributed by atoms with Crippen molar-refractivity contribution in [1.29, 1.82) is 0 Å². The highest BCUT2D eigenvalue weighted by atomic mass is 16.5. The number of nitrogens with zero attached hydrogens (tertiary/aromatic N) is 2. The second kappa shape index (κ2) is 4.69. The van der Waals surface area contributed by atoms with Crippen LogP contribution in [0.25, 0.3) is 0 Å². The third-order valence-electron chi connectivity index (χ3n) is 2.45. The summed E-state index contributed by atoms with van der Waals surface area (Å²) in [6.45, 7) is 1.09. The minimum absolute atomic E-state index is 0.0298. The van der Waals surface area contributed by atoms with Crippen LogP contribution < -0.4 is 5.73 Å². The van der Waals surface area contributed by atoms with Gasteiger partial charge in [-0.3, -0.25) is 0 Å². The summed E-state index contributed by atoms with van der Waals surface area (Å²) < 4.78 is 15.6. The van der Waals surface area contributed by atoms with Crippen LogP contribution in [0.3, 0.4) is 0 Å². The summed E-state index contributed by atoms with van der Waals surface area (Å²) in [6, 6.07) is 0. The molecular formula is C9H15N3O3. The average Bonchev–Trinajstić information content (AvgIpc) is 2.89. The standard InChI is InChI=1S/C9H15N3O3/c1-13-7(5-10)9-11-8(12-15-9)6-3-2-4-14-6/h6-7H,2-5,10H2,1H3. The topological polar surface area (TPSA) is 83.4 Å². The SMILES string of the molecule is COC(CN)c1nc(C2CCCO2)no1. The van der Waals surface area contributed by atoms with Gasteiger partial charge < -0.3 is 19.7 Å². The van der Waals surface area contributed by atoms with E-state index < -0.39 is 0 Å². The summed E-state index contributed by atoms with van der Waals surface area (Å²) in [6.07, 6.45) is 1.63. The second-order valence-electron chi connectivity index (χ2n) is 3.45. The van der Waals surface area contributed by atoms with Crippen LogP contribution in [0.2, 0.25) is 0 Å². The van der Waals surface area contributed by atoms with Crippen molar-refractivity contribution >= 4 is 0 Å². The summed E-state index contributed by atoms with van der Waals surface area (Å²) in [4.78, 5) is 4.23. The summed E-state index contributed by atoms with van der Waals surface area (Å²) in [7, 11) is 1.56. The summed E-state index contributed by atoms with van der Waals surface area (Å²) >= 11 is 0. The van der Waals surface area contributed by atoms with Gasteiger partial charge in [0.15, 0.2) is 0 Å². The number of hydrogen-bond acceptors (Lipinski definition) is 6. The molecule has 0 radical (unpaired) electrons. The van der Waals surface area contributed by atoms with Gasteiger partial charge in [0.2, 0.25) is 5.82 Å². The van der Waals surface area contributed by atoms with Crippen molar-refractivity contribution in [2.24, 2.45) is 5.73 Å². The lowest BCUT2D eigenvalue weighted by Gasteiger charge is -2.06. The molecule has 0 aromatic carbocycles. The molecule has 1 aromatic rings. The molecule has 0 saturated carbocycles. The number of rotatable bonds is 4. The molecule has 15 heavy (non-hydrogen) atoms. The molecule has 2 heterocycles. The third-order valence-corrected chi connectivity index (χ3v) is 2.45. The van der Waals surface area contributed by atoms with E-state index in [0.29, 0.717) is 18.3 Å². The van der Waals surface area contributed by atoms with E-state index in [2.05, 4.69) is 10.1 Å². The molecule has 1 aromatic heterocycles. The fourth-order valence-electron chi connectivity index (χ4n) is 1.59. The lowest BCUT2D eigenvalue weighted by molar-refractivity contribution is 0.0801. The van der Waals surface area contributed by atoms with Crippen LogP contribution in [0.5, 0.6) is 0 Å². The van der Waals surface area contributed by atoms with Crippen LogP contribution in [-0.2, 0) is 9.47 Å². The Balaban J connectivity index is 2.08. The first kappa shape index (κ1) is 10.5. The van der Waals surface area contributed by atoms with Gasteiger partial charge in [-0.1, -0.05) is 5.16 Å². The first-order valence-corrected chi connectivity index (χ1v) is 5.03. The fourth-order valence-corrected chi connectivity index (χ4v) is 1.59. The van der Waals surface area contributed by atoms with Gasteiger partial charge in [0.25, 0.3) is 5.89 Å². The van der Waals surface area contributed by atoms with Crippen molar-refractivity contribution < 1.29 is 14.0 Å². The van der Waals surface area contributed by atoms with E-state index in [4.69, 9.17) is 19.7 Å². The molecule has 2 atom stereocenters. The highest BCUT2D eigenvalue weighted by Gasteiger charge is 2.25. The molecular weight excluding hydrogens is 198 g/mol. The van der Waals surface area contributed by atoms with Crippen LogP contribution in [0, 0.1) is 0 Å². The van der Waals surface area contributed by atoms with Crippen molar-refractivity contribution in [1.82, 2.24) is 10.1 Å². The Kier molecular flexibility index (Phi) is 3.30. The molecule has 1 saturated heterocycles. The van der Waals surface area contributed by atoms with E-state index in [0.717, 1.165) is 19.4 Å². The van der Waals surface area contributed by atoms with Gasteiger partial charge in [-0.15, -0.1) is 0 Å². The fraction of sp³-hybridized carbons (Fsp3) is 0.778. The minimum atomic E-state index is -0.326. The Hall–Kier alpha value is -0.980. The predicted octanol–water partition coefficient (Wildman–Crippen LogP) is 0.567. The molecule has 1 aliphatic rings. The smallest absolute Gasteiger partial charge is 0.257 e. The van der Waals surface area contributed by atoms with E-state index in [1.54, 1.807) is 7.11 Å². The van der Waals surface area contributed by atoms with E-state index >= 15 is 0 Å². The zero-order valence-corrected chi connectivity index (χ0v) is 8.68. The zero-order chi connectivity index (χ0) is 10.7. The number of ether oxygens (including phenoxy) is 2. The van der Waals surface area contributed by atoms with E-state index in [1.807, 2.05) is 0 Å². The minimum Gasteiger partial charge on any atom is -0.370 e. The Labute approximate surface area is 87.7 Å². The van der Waals surface area contributed by atoms with Gasteiger partial charge >= 0.3 is 0 Å². The normalized spacial score (nSPS) is 23.2. The second-order valence-corrected chi connectivity index (χ2v) is 3.45. The van der Waals surface area contributed by atoms with E-state index in [-0.39, 0.29) is 12.2 Å². The Morgan fingerprint density at radius 2 is 2.53 bits per heavy atom. The molecule has 1 fully saturated rings. The maximum atomic E-state index is 5.49. The lowest BCUT2D eigenvalue weighted by Crippen LogP contribution is -2.14. The molecule has 84 valence electrons. The van der Waals surface area contributed by atoms with Crippen LogP contribution in [0.15, 0.2) is 4.52 Å². The summed E-state index contributed by atoms with van der Waals surface area (Å²) in [5.41, 5.74) is 5.49. The molecule has 2 N–H and O–H groups in total. The molecule has 0 amide bonds. The van der Waals surface area contributed by atoms with Crippen molar-refractivity contribution in [3.63, 3.8) is 0 Å². The van der Waals surface area contributed by atoms with Gasteiger partial charge in [-0.25, -0.2) is 0 Å². The molecule has 2 rings (SSSR count). The molecule has 0 spiro atoms. The van der Waals surface area contributed by atoms with Gasteiger partial charge in [0, 0.05) is 20.3 Å². The molecule has 0 bridgehead atoms. The third kappa shape index (κ3) is 2.17. The van der Waals surface area contributed by atoms with Gasteiger partial charge in [-0.05, 0) is 12.8 Å². The van der Waals surface area contributed by atoms with Crippen LogP contribution in [0.4, 0.5) is 0 Å². The van der Waals surface area contributed by atoms with Gasteiger partial charge in [0.05, 0.1) is 0 Å². The van der Waals surface area contributed by atoms with Crippen molar-refractivity contribution in [3.05, 3.63) is 11.7 Å². The Morgan fingerprint density at radius 3 is 3.13 bits per heavy atom. The number of methoxy groups -OCH3 is 1. The molecule has 0 aliphatic carbocycles. The molecule has 1 aliphatic heterocycles. The highest BCUT2D eigenvalue weighted by molar-refractivity contribution is 4.95. The van der Waals surface area contributed by atoms with Crippen molar-refractivity contribution in [2.45, 2.75) is 25.0 Å². The quantitative estimate of drug-likeness (QED) is 0.787. The largest absolute Gasteiger partial charge is 0.370 e. The molecule has 6 nitrogen and oxygen atoms in total. The first-order valence-electron chi connectivity index (χ1n) is 5.03. The summed E-state index contributed by atoms with van der Waals surface area (Å²) in [5.74, 6) is 1.02. The van der Waals surface area contributed by atoms with Crippen LogP contribution in [-0.4, -0.2) is 30.4 Å². The predicted molar refractivity (Wildman–Crippen MR) is 51.0 cm³/mol. The van der Waals surface area contributed by atoms with Crippen LogP contribution in [0.1, 0.15) is 36.8 Å². The van der Waals surface area contributed by atoms with Crippen molar-refractivity contribution in [3.8, 4) is 0 Å². The number of nitrogens with two attached hydrogens (primary N) is 1. The van der Waals surface area contributed by atoms with Crippen molar-refractivity contribution in [2.75, 3.05) is 20.3 Å². The maximum absolute atomic E-state index is 5.49. The van der Waals surface area contributed by atoms with E-state index in [9.17, 15) is 0 Å². The maximum Gasteiger partial charge on any atom is 0.257 e. The zero-order valence-electron chi connectivity index (χ0n) is 8.68. The molecule has 6 heteroatoms. The highest BCUT2D eigenvalue weighted by Crippen LogP contribution is 2.27. The first-order chi connectivity index (χ1) is 7.35. The Bertz CT molecular complexity index is 289. The lowest BCUT2D eigenvalue weighted by atomic mass is 10.2. The molecule has 2 unspecified atom stereocenters. The number of aromatic nitrogens is 2. The number of hydrogen-bond donors (Lipinski definition) is 1. The summed E-state index contributed by atoms with van der Waals surface area (Å²) in [5, 5.41) is 3.87. The van der Waals surface area contributed by atoms with Gasteiger partial charge in [0.1, 0.15) is 12.2 Å². The van der Waals surface area contributed by atoms with E-state index in [1.165, 1.54) is 0 Å².